The maximum absolute atomic E-state index is 12.0. The van der Waals surface area contributed by atoms with Gasteiger partial charge in [0.25, 0.3) is 5.91 Å². The fourth-order valence-corrected chi connectivity index (χ4v) is 1.85. The summed E-state index contributed by atoms with van der Waals surface area (Å²) in [6.07, 6.45) is 0. The molecule has 2 aromatic rings. The Morgan fingerprint density at radius 1 is 1.40 bits per heavy atom. The van der Waals surface area contributed by atoms with Gasteiger partial charge in [-0.25, -0.2) is 0 Å². The van der Waals surface area contributed by atoms with E-state index in [2.05, 4.69) is 10.5 Å². The molecule has 0 unspecified atom stereocenters. The summed E-state index contributed by atoms with van der Waals surface area (Å²) >= 11 is 0. The molecular formula is C15H18N2O3. The first-order valence-electron chi connectivity index (χ1n) is 6.57. The van der Waals surface area contributed by atoms with Crippen LogP contribution in [0.4, 0.5) is 0 Å². The van der Waals surface area contributed by atoms with Crippen molar-refractivity contribution in [2.75, 3.05) is 6.61 Å². The van der Waals surface area contributed by atoms with Crippen LogP contribution in [0.3, 0.4) is 0 Å². The van der Waals surface area contributed by atoms with E-state index < -0.39 is 0 Å². The molecule has 1 aromatic heterocycles. The number of aryl methyl sites for hydroxylation is 1. The molecule has 1 atom stereocenters. The fraction of sp³-hybridized carbons (Fsp3) is 0.333. The molecule has 0 saturated carbocycles. The molecule has 0 aliphatic carbocycles. The average Bonchev–Trinajstić information content (AvgIpc) is 2.86. The van der Waals surface area contributed by atoms with Gasteiger partial charge in [-0.15, -0.1) is 0 Å². The van der Waals surface area contributed by atoms with Gasteiger partial charge in [0, 0.05) is 6.07 Å². The number of carbonyl (C=O) groups is 1. The zero-order chi connectivity index (χ0) is 14.5. The van der Waals surface area contributed by atoms with Crippen LogP contribution >= 0.6 is 0 Å². The molecule has 106 valence electrons. The molecule has 1 aromatic carbocycles. The Morgan fingerprint density at radius 3 is 2.65 bits per heavy atom. The predicted octanol–water partition coefficient (Wildman–Crippen LogP) is 2.87. The van der Waals surface area contributed by atoms with Crippen molar-refractivity contribution in [1.82, 2.24) is 10.5 Å². The number of nitrogens with zero attached hydrogens (tertiary/aromatic N) is 1. The Kier molecular flexibility index (Phi) is 4.40. The Bertz CT molecular complexity index is 575. The van der Waals surface area contributed by atoms with Crippen molar-refractivity contribution in [3.63, 3.8) is 0 Å². The molecule has 20 heavy (non-hydrogen) atoms. The smallest absolute Gasteiger partial charge is 0.273 e. The highest BCUT2D eigenvalue weighted by Crippen LogP contribution is 2.18. The lowest BCUT2D eigenvalue weighted by Gasteiger charge is -2.13. The minimum absolute atomic E-state index is 0.116. The lowest BCUT2D eigenvalue weighted by molar-refractivity contribution is 0.0930. The molecule has 1 amide bonds. The van der Waals surface area contributed by atoms with Crippen LogP contribution in [-0.4, -0.2) is 17.7 Å². The van der Waals surface area contributed by atoms with Crippen molar-refractivity contribution < 1.29 is 14.1 Å². The Hall–Kier alpha value is -2.30. The molecule has 2 rings (SSSR count). The number of benzene rings is 1. The van der Waals surface area contributed by atoms with Gasteiger partial charge in [0.15, 0.2) is 5.69 Å². The van der Waals surface area contributed by atoms with E-state index in [0.717, 1.165) is 11.3 Å². The molecule has 1 heterocycles. The van der Waals surface area contributed by atoms with Gasteiger partial charge >= 0.3 is 0 Å². The van der Waals surface area contributed by atoms with E-state index in [4.69, 9.17) is 9.26 Å². The Labute approximate surface area is 117 Å². The lowest BCUT2D eigenvalue weighted by atomic mass is 10.1. The van der Waals surface area contributed by atoms with Crippen molar-refractivity contribution in [2.45, 2.75) is 26.8 Å². The summed E-state index contributed by atoms with van der Waals surface area (Å²) in [5.74, 6) is 1.19. The van der Waals surface area contributed by atoms with E-state index in [1.165, 1.54) is 0 Å². The summed E-state index contributed by atoms with van der Waals surface area (Å²) in [6, 6.07) is 9.15. The number of ether oxygens (including phenoxy) is 1. The van der Waals surface area contributed by atoms with Crippen molar-refractivity contribution in [3.05, 3.63) is 47.3 Å². The second-order valence-corrected chi connectivity index (χ2v) is 4.52. The van der Waals surface area contributed by atoms with Crippen molar-refractivity contribution in [3.8, 4) is 5.75 Å². The predicted molar refractivity (Wildman–Crippen MR) is 74.7 cm³/mol. The van der Waals surface area contributed by atoms with E-state index in [1.807, 2.05) is 38.1 Å². The highest BCUT2D eigenvalue weighted by molar-refractivity contribution is 5.92. The number of hydrogen-bond donors (Lipinski definition) is 1. The molecule has 1 N–H and O–H groups in total. The first kappa shape index (κ1) is 14.1. The number of hydrogen-bond acceptors (Lipinski definition) is 4. The number of nitrogens with one attached hydrogen (secondary N) is 1. The second kappa shape index (κ2) is 6.23. The van der Waals surface area contributed by atoms with E-state index in [1.54, 1.807) is 13.0 Å². The molecule has 0 saturated heterocycles. The molecule has 5 nitrogen and oxygen atoms in total. The third-order valence-corrected chi connectivity index (χ3v) is 2.90. The molecule has 5 heteroatoms. The number of rotatable bonds is 5. The van der Waals surface area contributed by atoms with Gasteiger partial charge in [0.1, 0.15) is 11.5 Å². The summed E-state index contributed by atoms with van der Waals surface area (Å²) in [5.41, 5.74) is 1.29. The minimum atomic E-state index is -0.247. The van der Waals surface area contributed by atoms with Gasteiger partial charge in [0.05, 0.1) is 12.6 Å². The maximum Gasteiger partial charge on any atom is 0.273 e. The van der Waals surface area contributed by atoms with Crippen LogP contribution in [0.15, 0.2) is 34.9 Å². The van der Waals surface area contributed by atoms with Crippen LogP contribution in [-0.2, 0) is 0 Å². The maximum atomic E-state index is 12.0. The molecule has 0 bridgehead atoms. The Morgan fingerprint density at radius 2 is 2.10 bits per heavy atom. The molecular weight excluding hydrogens is 256 g/mol. The SMILES string of the molecule is CCOc1ccc([C@H](C)NC(=O)c2cc(C)on2)cc1. The monoisotopic (exact) mass is 274 g/mol. The summed E-state index contributed by atoms with van der Waals surface area (Å²) in [6.45, 7) is 6.24. The first-order chi connectivity index (χ1) is 9.60. The molecule has 0 fully saturated rings. The number of aromatic nitrogens is 1. The highest BCUT2D eigenvalue weighted by atomic mass is 16.5. The van der Waals surface area contributed by atoms with Crippen molar-refractivity contribution >= 4 is 5.91 Å². The normalized spacial score (nSPS) is 11.9. The van der Waals surface area contributed by atoms with Gasteiger partial charge in [0.2, 0.25) is 0 Å². The minimum Gasteiger partial charge on any atom is -0.494 e. The molecule has 0 spiro atoms. The fourth-order valence-electron chi connectivity index (χ4n) is 1.85. The van der Waals surface area contributed by atoms with E-state index in [-0.39, 0.29) is 11.9 Å². The van der Waals surface area contributed by atoms with Crippen LogP contribution in [0, 0.1) is 6.92 Å². The zero-order valence-electron chi connectivity index (χ0n) is 11.8. The third kappa shape index (κ3) is 3.38. The number of amides is 1. The van der Waals surface area contributed by atoms with Crippen LogP contribution in [0.5, 0.6) is 5.75 Å². The summed E-state index contributed by atoms with van der Waals surface area (Å²) in [7, 11) is 0. The molecule has 0 aliphatic rings. The lowest BCUT2D eigenvalue weighted by Crippen LogP contribution is -2.26. The highest BCUT2D eigenvalue weighted by Gasteiger charge is 2.14. The van der Waals surface area contributed by atoms with Crippen LogP contribution < -0.4 is 10.1 Å². The van der Waals surface area contributed by atoms with Gasteiger partial charge in [-0.05, 0) is 38.5 Å². The van der Waals surface area contributed by atoms with Crippen molar-refractivity contribution in [2.24, 2.45) is 0 Å². The quantitative estimate of drug-likeness (QED) is 0.910. The topological polar surface area (TPSA) is 64.4 Å². The van der Waals surface area contributed by atoms with Gasteiger partial charge < -0.3 is 14.6 Å². The Balaban J connectivity index is 2.00. The van der Waals surface area contributed by atoms with Gasteiger partial charge in [-0.1, -0.05) is 17.3 Å². The first-order valence-corrected chi connectivity index (χ1v) is 6.57. The third-order valence-electron chi connectivity index (χ3n) is 2.90. The van der Waals surface area contributed by atoms with Crippen LogP contribution in [0.1, 0.15) is 41.7 Å². The van der Waals surface area contributed by atoms with Gasteiger partial charge in [-0.2, -0.15) is 0 Å². The molecule has 0 aliphatic heterocycles. The van der Waals surface area contributed by atoms with E-state index in [0.29, 0.717) is 18.1 Å². The van der Waals surface area contributed by atoms with Crippen LogP contribution in [0.2, 0.25) is 0 Å². The zero-order valence-corrected chi connectivity index (χ0v) is 11.8. The van der Waals surface area contributed by atoms with E-state index >= 15 is 0 Å². The average molecular weight is 274 g/mol. The summed E-state index contributed by atoms with van der Waals surface area (Å²) in [4.78, 5) is 12.0. The van der Waals surface area contributed by atoms with Crippen LogP contribution in [0.25, 0.3) is 0 Å². The summed E-state index contributed by atoms with van der Waals surface area (Å²) in [5, 5.41) is 6.57. The largest absolute Gasteiger partial charge is 0.494 e. The summed E-state index contributed by atoms with van der Waals surface area (Å²) < 4.78 is 10.3. The van der Waals surface area contributed by atoms with Crippen molar-refractivity contribution in [1.29, 1.82) is 0 Å². The number of carbonyl (C=O) groups excluding carboxylic acids is 1. The second-order valence-electron chi connectivity index (χ2n) is 4.52. The van der Waals surface area contributed by atoms with Gasteiger partial charge in [-0.3, -0.25) is 4.79 Å². The molecule has 0 radical (unpaired) electrons. The van der Waals surface area contributed by atoms with E-state index in [9.17, 15) is 4.79 Å². The standard InChI is InChI=1S/C15H18N2O3/c1-4-19-13-7-5-12(6-8-13)11(3)16-15(18)14-9-10(2)20-17-14/h5-9,11H,4H2,1-3H3,(H,16,18)/t11-/m0/s1.